The number of hydrogen-bond donors (Lipinski definition) is 2. The molecule has 0 spiro atoms. The monoisotopic (exact) mass is 236 g/mol. The number of fused-ring (bicyclic) bond motifs is 1. The third kappa shape index (κ3) is 2.65. The maximum atomic E-state index is 11.8. The first-order chi connectivity index (χ1) is 8.34. The maximum absolute atomic E-state index is 11.8. The Balaban J connectivity index is 1.33. The van der Waals surface area contributed by atoms with Gasteiger partial charge in [-0.25, -0.2) is 0 Å². The summed E-state index contributed by atoms with van der Waals surface area (Å²) in [7, 11) is 0. The molecule has 0 radical (unpaired) electrons. The van der Waals surface area contributed by atoms with Crippen LogP contribution in [0.25, 0.3) is 0 Å². The quantitative estimate of drug-likeness (QED) is 0.780. The van der Waals surface area contributed by atoms with Gasteiger partial charge in [0.2, 0.25) is 5.91 Å². The van der Waals surface area contributed by atoms with Crippen LogP contribution >= 0.6 is 0 Å². The lowest BCUT2D eigenvalue weighted by molar-refractivity contribution is -0.121. The van der Waals surface area contributed by atoms with Crippen LogP contribution in [-0.4, -0.2) is 25.0 Å². The van der Waals surface area contributed by atoms with Gasteiger partial charge in [0.25, 0.3) is 0 Å². The Morgan fingerprint density at radius 1 is 1.12 bits per heavy atom. The van der Waals surface area contributed by atoms with Gasteiger partial charge in [-0.05, 0) is 24.2 Å². The Hall–Kier alpha value is -0.570. The Kier molecular flexibility index (Phi) is 3.37. The molecule has 1 aliphatic heterocycles. The first kappa shape index (κ1) is 11.5. The molecule has 0 bridgehead atoms. The molecule has 1 heterocycles. The summed E-state index contributed by atoms with van der Waals surface area (Å²) >= 11 is 0. The summed E-state index contributed by atoms with van der Waals surface area (Å²) in [4.78, 5) is 11.8. The average Bonchev–Trinajstić information content (AvgIpc) is 2.79. The van der Waals surface area contributed by atoms with Gasteiger partial charge in [-0.15, -0.1) is 0 Å². The molecule has 2 aliphatic carbocycles. The standard InChI is InChI=1S/C14H24N2O/c17-13(7-6-10-4-2-1-3-5-10)16-14-11-8-15-9-12(11)14/h10-12,14-15H,1-9H2,(H,16,17). The highest BCUT2D eigenvalue weighted by Gasteiger charge is 2.53. The third-order valence-corrected chi connectivity index (χ3v) is 4.92. The van der Waals surface area contributed by atoms with E-state index in [0.717, 1.165) is 43.7 Å². The fourth-order valence-corrected chi connectivity index (χ4v) is 3.70. The van der Waals surface area contributed by atoms with Crippen molar-refractivity contribution in [3.63, 3.8) is 0 Å². The summed E-state index contributed by atoms with van der Waals surface area (Å²) in [6.45, 7) is 2.22. The van der Waals surface area contributed by atoms with E-state index in [1.54, 1.807) is 0 Å². The molecule has 17 heavy (non-hydrogen) atoms. The van der Waals surface area contributed by atoms with Crippen molar-refractivity contribution in [3.05, 3.63) is 0 Å². The van der Waals surface area contributed by atoms with Gasteiger partial charge in [-0.3, -0.25) is 4.79 Å². The van der Waals surface area contributed by atoms with Crippen molar-refractivity contribution >= 4 is 5.91 Å². The highest BCUT2D eigenvalue weighted by atomic mass is 16.1. The Morgan fingerprint density at radius 2 is 1.82 bits per heavy atom. The molecular formula is C14H24N2O. The first-order valence-corrected chi connectivity index (χ1v) is 7.34. The van der Waals surface area contributed by atoms with E-state index in [0.29, 0.717) is 11.9 Å². The molecule has 1 saturated heterocycles. The number of amides is 1. The fraction of sp³-hybridized carbons (Fsp3) is 0.929. The Labute approximate surface area is 104 Å². The van der Waals surface area contributed by atoms with Gasteiger partial charge in [0.15, 0.2) is 0 Å². The van der Waals surface area contributed by atoms with Crippen molar-refractivity contribution in [1.82, 2.24) is 10.6 Å². The van der Waals surface area contributed by atoms with E-state index < -0.39 is 0 Å². The van der Waals surface area contributed by atoms with Crippen LogP contribution in [0.5, 0.6) is 0 Å². The molecule has 2 N–H and O–H groups in total. The lowest BCUT2D eigenvalue weighted by atomic mass is 9.86. The highest BCUT2D eigenvalue weighted by molar-refractivity contribution is 5.76. The van der Waals surface area contributed by atoms with E-state index in [-0.39, 0.29) is 0 Å². The van der Waals surface area contributed by atoms with E-state index in [9.17, 15) is 4.79 Å². The van der Waals surface area contributed by atoms with E-state index in [2.05, 4.69) is 10.6 Å². The maximum Gasteiger partial charge on any atom is 0.220 e. The molecule has 3 rings (SSSR count). The fourth-order valence-electron chi connectivity index (χ4n) is 3.70. The van der Waals surface area contributed by atoms with E-state index in [1.807, 2.05) is 0 Å². The molecule has 2 unspecified atom stereocenters. The van der Waals surface area contributed by atoms with Crippen molar-refractivity contribution in [2.75, 3.05) is 13.1 Å². The van der Waals surface area contributed by atoms with Gasteiger partial charge in [0, 0.05) is 25.6 Å². The predicted molar refractivity (Wildman–Crippen MR) is 67.6 cm³/mol. The minimum Gasteiger partial charge on any atom is -0.353 e. The lowest BCUT2D eigenvalue weighted by Gasteiger charge is -2.21. The molecule has 2 atom stereocenters. The minimum absolute atomic E-state index is 0.301. The van der Waals surface area contributed by atoms with Gasteiger partial charge in [0.05, 0.1) is 0 Å². The predicted octanol–water partition coefficient (Wildman–Crippen LogP) is 1.68. The van der Waals surface area contributed by atoms with Gasteiger partial charge < -0.3 is 10.6 Å². The van der Waals surface area contributed by atoms with Gasteiger partial charge in [0.1, 0.15) is 0 Å². The second kappa shape index (κ2) is 4.97. The zero-order valence-corrected chi connectivity index (χ0v) is 10.6. The molecule has 0 aromatic carbocycles. The third-order valence-electron chi connectivity index (χ3n) is 4.92. The minimum atomic E-state index is 0.301. The van der Waals surface area contributed by atoms with E-state index in [1.165, 1.54) is 32.1 Å². The van der Waals surface area contributed by atoms with Crippen molar-refractivity contribution in [1.29, 1.82) is 0 Å². The smallest absolute Gasteiger partial charge is 0.220 e. The van der Waals surface area contributed by atoms with Crippen LogP contribution in [0.2, 0.25) is 0 Å². The topological polar surface area (TPSA) is 41.1 Å². The molecule has 3 aliphatic rings. The second-order valence-electron chi connectivity index (χ2n) is 6.12. The molecule has 3 heteroatoms. The summed E-state index contributed by atoms with van der Waals surface area (Å²) in [5, 5.41) is 6.57. The number of carbonyl (C=O) groups is 1. The van der Waals surface area contributed by atoms with Crippen LogP contribution in [0.3, 0.4) is 0 Å². The van der Waals surface area contributed by atoms with Crippen LogP contribution in [0.15, 0.2) is 0 Å². The van der Waals surface area contributed by atoms with Crippen molar-refractivity contribution < 1.29 is 4.79 Å². The number of carbonyl (C=O) groups excluding carboxylic acids is 1. The molecule has 0 aromatic rings. The van der Waals surface area contributed by atoms with Crippen molar-refractivity contribution in [2.45, 2.75) is 51.0 Å². The molecule has 0 aromatic heterocycles. The summed E-state index contributed by atoms with van der Waals surface area (Å²) in [6, 6.07) is 0.509. The number of piperidine rings is 1. The van der Waals surface area contributed by atoms with E-state index >= 15 is 0 Å². The van der Waals surface area contributed by atoms with Crippen LogP contribution in [0.1, 0.15) is 44.9 Å². The molecular weight excluding hydrogens is 212 g/mol. The second-order valence-corrected chi connectivity index (χ2v) is 6.12. The zero-order valence-electron chi connectivity index (χ0n) is 10.6. The lowest BCUT2D eigenvalue weighted by Crippen LogP contribution is -2.32. The summed E-state index contributed by atoms with van der Waals surface area (Å²) in [5.74, 6) is 2.62. The number of hydrogen-bond acceptors (Lipinski definition) is 2. The molecule has 3 nitrogen and oxygen atoms in total. The normalized spacial score (nSPS) is 36.6. The first-order valence-electron chi connectivity index (χ1n) is 7.34. The molecule has 3 fully saturated rings. The molecule has 1 amide bonds. The van der Waals surface area contributed by atoms with E-state index in [4.69, 9.17) is 0 Å². The Bertz CT molecular complexity index is 276. The van der Waals surface area contributed by atoms with Crippen molar-refractivity contribution in [2.24, 2.45) is 17.8 Å². The number of nitrogens with one attached hydrogen (secondary N) is 2. The Morgan fingerprint density at radius 3 is 2.53 bits per heavy atom. The van der Waals surface area contributed by atoms with Crippen molar-refractivity contribution in [3.8, 4) is 0 Å². The van der Waals surface area contributed by atoms with Gasteiger partial charge >= 0.3 is 0 Å². The van der Waals surface area contributed by atoms with Gasteiger partial charge in [-0.1, -0.05) is 32.1 Å². The summed E-state index contributed by atoms with van der Waals surface area (Å²) < 4.78 is 0. The summed E-state index contributed by atoms with van der Waals surface area (Å²) in [5.41, 5.74) is 0. The molecule has 96 valence electrons. The van der Waals surface area contributed by atoms with Gasteiger partial charge in [-0.2, -0.15) is 0 Å². The van der Waals surface area contributed by atoms with Crippen LogP contribution in [-0.2, 0) is 4.79 Å². The van der Waals surface area contributed by atoms with Crippen LogP contribution in [0.4, 0.5) is 0 Å². The largest absolute Gasteiger partial charge is 0.353 e. The van der Waals surface area contributed by atoms with Crippen LogP contribution in [0, 0.1) is 17.8 Å². The molecule has 2 saturated carbocycles. The highest BCUT2D eigenvalue weighted by Crippen LogP contribution is 2.41. The average molecular weight is 236 g/mol. The SMILES string of the molecule is O=C(CCC1CCCCC1)NC1C2CNCC21. The summed E-state index contributed by atoms with van der Waals surface area (Å²) in [6.07, 6.45) is 8.74. The number of rotatable bonds is 4. The zero-order chi connectivity index (χ0) is 11.7. The van der Waals surface area contributed by atoms with Crippen LogP contribution < -0.4 is 10.6 Å².